The Labute approximate surface area is 105 Å². The summed E-state index contributed by atoms with van der Waals surface area (Å²) in [4.78, 5) is 13.7. The van der Waals surface area contributed by atoms with E-state index in [9.17, 15) is 9.18 Å². The third kappa shape index (κ3) is 2.61. The number of aliphatic hydroxyl groups is 1. The molecule has 0 bridgehead atoms. The van der Waals surface area contributed by atoms with Crippen LogP contribution in [0.4, 0.5) is 4.39 Å². The van der Waals surface area contributed by atoms with Gasteiger partial charge in [0, 0.05) is 25.8 Å². The van der Waals surface area contributed by atoms with Crippen molar-refractivity contribution in [3.8, 4) is 5.75 Å². The standard InChI is InChI=1S/C13H16FNO3/c14-12-7-10(17)1-2-11(12)13(18)15-5-3-9(8-15)4-6-16/h1-2,7,9,16-17H,3-6,8H2. The summed E-state index contributed by atoms with van der Waals surface area (Å²) in [7, 11) is 0. The number of nitrogens with zero attached hydrogens (tertiary/aromatic N) is 1. The van der Waals surface area contributed by atoms with E-state index in [-0.39, 0.29) is 23.8 Å². The van der Waals surface area contributed by atoms with E-state index in [0.717, 1.165) is 12.5 Å². The summed E-state index contributed by atoms with van der Waals surface area (Å²) < 4.78 is 13.6. The molecule has 18 heavy (non-hydrogen) atoms. The molecule has 0 spiro atoms. The first-order valence-electron chi connectivity index (χ1n) is 6.00. The maximum absolute atomic E-state index is 13.6. The van der Waals surface area contributed by atoms with Crippen LogP contribution in [0.15, 0.2) is 18.2 Å². The van der Waals surface area contributed by atoms with Gasteiger partial charge in [0.2, 0.25) is 0 Å². The summed E-state index contributed by atoms with van der Waals surface area (Å²) in [6.07, 6.45) is 1.51. The first-order chi connectivity index (χ1) is 8.61. The number of halogens is 1. The van der Waals surface area contributed by atoms with E-state index in [1.54, 1.807) is 4.90 Å². The van der Waals surface area contributed by atoms with Crippen molar-refractivity contribution in [3.63, 3.8) is 0 Å². The normalized spacial score (nSPS) is 19.2. The first kappa shape index (κ1) is 12.8. The highest BCUT2D eigenvalue weighted by Gasteiger charge is 2.27. The van der Waals surface area contributed by atoms with E-state index in [1.165, 1.54) is 12.1 Å². The van der Waals surface area contributed by atoms with Crippen molar-refractivity contribution in [2.24, 2.45) is 5.92 Å². The number of amides is 1. The molecule has 1 unspecified atom stereocenters. The molecule has 0 aromatic heterocycles. The Morgan fingerprint density at radius 2 is 2.28 bits per heavy atom. The van der Waals surface area contributed by atoms with Crippen LogP contribution in [0.2, 0.25) is 0 Å². The Bertz CT molecular complexity index is 450. The Hall–Kier alpha value is -1.62. The molecule has 1 atom stereocenters. The van der Waals surface area contributed by atoms with Crippen LogP contribution in [0.1, 0.15) is 23.2 Å². The zero-order valence-electron chi connectivity index (χ0n) is 9.97. The monoisotopic (exact) mass is 253 g/mol. The Kier molecular flexibility index (Phi) is 3.81. The van der Waals surface area contributed by atoms with Crippen LogP contribution < -0.4 is 0 Å². The quantitative estimate of drug-likeness (QED) is 0.855. The highest BCUT2D eigenvalue weighted by molar-refractivity contribution is 5.94. The summed E-state index contributed by atoms with van der Waals surface area (Å²) in [5.74, 6) is -0.957. The van der Waals surface area contributed by atoms with Crippen molar-refractivity contribution in [1.82, 2.24) is 4.90 Å². The molecule has 0 saturated carbocycles. The van der Waals surface area contributed by atoms with Crippen LogP contribution in [-0.4, -0.2) is 40.7 Å². The van der Waals surface area contributed by atoms with Gasteiger partial charge >= 0.3 is 0 Å². The maximum atomic E-state index is 13.6. The fraction of sp³-hybridized carbons (Fsp3) is 0.462. The van der Waals surface area contributed by atoms with Gasteiger partial charge in [-0.2, -0.15) is 0 Å². The molecule has 0 radical (unpaired) electrons. The molecule has 2 N–H and O–H groups in total. The van der Waals surface area contributed by atoms with Gasteiger partial charge in [-0.05, 0) is 30.9 Å². The molecule has 1 amide bonds. The molecule has 98 valence electrons. The lowest BCUT2D eigenvalue weighted by molar-refractivity contribution is 0.0780. The molecule has 0 aliphatic carbocycles. The predicted molar refractivity (Wildman–Crippen MR) is 63.8 cm³/mol. The number of rotatable bonds is 3. The minimum Gasteiger partial charge on any atom is -0.508 e. The van der Waals surface area contributed by atoms with E-state index in [0.29, 0.717) is 25.4 Å². The van der Waals surface area contributed by atoms with E-state index < -0.39 is 5.82 Å². The van der Waals surface area contributed by atoms with E-state index in [4.69, 9.17) is 10.2 Å². The van der Waals surface area contributed by atoms with Gasteiger partial charge in [0.1, 0.15) is 11.6 Å². The Morgan fingerprint density at radius 3 is 2.94 bits per heavy atom. The van der Waals surface area contributed by atoms with Crippen LogP contribution in [-0.2, 0) is 0 Å². The molecule has 4 nitrogen and oxygen atoms in total. The van der Waals surface area contributed by atoms with E-state index >= 15 is 0 Å². The van der Waals surface area contributed by atoms with Crippen molar-refractivity contribution in [2.45, 2.75) is 12.8 Å². The number of aromatic hydroxyl groups is 1. The predicted octanol–water partition coefficient (Wildman–Crippen LogP) is 1.38. The number of hydrogen-bond donors (Lipinski definition) is 2. The molecule has 2 rings (SSSR count). The van der Waals surface area contributed by atoms with Gasteiger partial charge in [-0.25, -0.2) is 4.39 Å². The van der Waals surface area contributed by atoms with Gasteiger partial charge in [-0.3, -0.25) is 4.79 Å². The third-order valence-corrected chi connectivity index (χ3v) is 3.29. The molecule has 1 fully saturated rings. The number of carbonyl (C=O) groups excluding carboxylic acids is 1. The zero-order valence-corrected chi connectivity index (χ0v) is 9.97. The fourth-order valence-corrected chi connectivity index (χ4v) is 2.28. The van der Waals surface area contributed by atoms with Crippen molar-refractivity contribution < 1.29 is 19.4 Å². The molecule has 1 aliphatic rings. The molecule has 1 aromatic rings. The first-order valence-corrected chi connectivity index (χ1v) is 6.00. The molecule has 5 heteroatoms. The molecule has 1 heterocycles. The van der Waals surface area contributed by atoms with Gasteiger partial charge in [0.25, 0.3) is 5.91 Å². The Morgan fingerprint density at radius 1 is 1.50 bits per heavy atom. The number of hydrogen-bond acceptors (Lipinski definition) is 3. The van der Waals surface area contributed by atoms with Gasteiger partial charge in [0.05, 0.1) is 5.56 Å². The van der Waals surface area contributed by atoms with Crippen LogP contribution in [0.3, 0.4) is 0 Å². The Balaban J connectivity index is 2.08. The molecule has 1 aromatic carbocycles. The summed E-state index contributed by atoms with van der Waals surface area (Å²) in [6.45, 7) is 1.25. The molecular weight excluding hydrogens is 237 g/mol. The third-order valence-electron chi connectivity index (χ3n) is 3.29. The fourth-order valence-electron chi connectivity index (χ4n) is 2.28. The number of likely N-dealkylation sites (tertiary alicyclic amines) is 1. The lowest BCUT2D eigenvalue weighted by atomic mass is 10.1. The van der Waals surface area contributed by atoms with Gasteiger partial charge in [-0.15, -0.1) is 0 Å². The van der Waals surface area contributed by atoms with Crippen LogP contribution in [0.5, 0.6) is 5.75 Å². The largest absolute Gasteiger partial charge is 0.508 e. The lowest BCUT2D eigenvalue weighted by Gasteiger charge is -2.16. The van der Waals surface area contributed by atoms with Gasteiger partial charge < -0.3 is 15.1 Å². The van der Waals surface area contributed by atoms with Crippen molar-refractivity contribution in [2.75, 3.05) is 19.7 Å². The number of aliphatic hydroxyl groups excluding tert-OH is 1. The van der Waals surface area contributed by atoms with Gasteiger partial charge in [-0.1, -0.05) is 0 Å². The second-order valence-electron chi connectivity index (χ2n) is 4.58. The highest BCUT2D eigenvalue weighted by Crippen LogP contribution is 2.23. The smallest absolute Gasteiger partial charge is 0.256 e. The maximum Gasteiger partial charge on any atom is 0.256 e. The summed E-state index contributed by atoms with van der Waals surface area (Å²) >= 11 is 0. The zero-order chi connectivity index (χ0) is 13.1. The SMILES string of the molecule is O=C(c1ccc(O)cc1F)N1CCC(CCO)C1. The number of benzene rings is 1. The van der Waals surface area contributed by atoms with E-state index in [2.05, 4.69) is 0 Å². The van der Waals surface area contributed by atoms with Crippen molar-refractivity contribution in [3.05, 3.63) is 29.6 Å². The lowest BCUT2D eigenvalue weighted by Crippen LogP contribution is -2.29. The average Bonchev–Trinajstić information content (AvgIpc) is 2.77. The van der Waals surface area contributed by atoms with E-state index in [1.807, 2.05) is 0 Å². The van der Waals surface area contributed by atoms with Crippen LogP contribution in [0.25, 0.3) is 0 Å². The average molecular weight is 253 g/mol. The molecular formula is C13H16FNO3. The topological polar surface area (TPSA) is 60.8 Å². The second kappa shape index (κ2) is 5.35. The summed E-state index contributed by atoms with van der Waals surface area (Å²) in [5.41, 5.74) is -0.0163. The minimum atomic E-state index is -0.703. The second-order valence-corrected chi connectivity index (χ2v) is 4.58. The highest BCUT2D eigenvalue weighted by atomic mass is 19.1. The minimum absolute atomic E-state index is 0.0163. The van der Waals surface area contributed by atoms with Gasteiger partial charge in [0.15, 0.2) is 0 Å². The van der Waals surface area contributed by atoms with Crippen LogP contribution in [0, 0.1) is 11.7 Å². The molecule has 1 saturated heterocycles. The molecule has 1 aliphatic heterocycles. The van der Waals surface area contributed by atoms with Crippen molar-refractivity contribution in [1.29, 1.82) is 0 Å². The summed E-state index contributed by atoms with van der Waals surface area (Å²) in [5, 5.41) is 18.0. The van der Waals surface area contributed by atoms with Crippen LogP contribution >= 0.6 is 0 Å². The number of carbonyl (C=O) groups is 1. The number of phenolic OH excluding ortho intramolecular Hbond substituents is 1. The number of phenols is 1. The summed E-state index contributed by atoms with van der Waals surface area (Å²) in [6, 6.07) is 3.54. The van der Waals surface area contributed by atoms with Crippen molar-refractivity contribution >= 4 is 5.91 Å².